The van der Waals surface area contributed by atoms with Crippen molar-refractivity contribution in [1.29, 1.82) is 0 Å². The number of hydrogen-bond acceptors (Lipinski definition) is 7. The van der Waals surface area contributed by atoms with Crippen molar-refractivity contribution >= 4 is 29.6 Å². The van der Waals surface area contributed by atoms with E-state index in [1.54, 1.807) is 6.92 Å². The first-order valence-electron chi connectivity index (χ1n) is 13.2. The molecule has 0 bridgehead atoms. The SMILES string of the molecule is CC(=O)N[C@@H]1CC[C@H](c2cccc(S[C@@H]3OC(COC(C)=O)[C@@H](C)[C@H](C)C3OC(C)=O)c2)c2ccccc21. The first-order chi connectivity index (χ1) is 18.1. The number of thioether (sulfide) groups is 1. The van der Waals surface area contributed by atoms with Gasteiger partial charge in [-0.1, -0.05) is 62.0 Å². The summed E-state index contributed by atoms with van der Waals surface area (Å²) in [5, 5.41) is 3.09. The monoisotopic (exact) mass is 539 g/mol. The molecule has 204 valence electrons. The van der Waals surface area contributed by atoms with Crippen LogP contribution < -0.4 is 5.32 Å². The molecule has 2 aliphatic rings. The van der Waals surface area contributed by atoms with Crippen LogP contribution in [-0.4, -0.2) is 42.1 Å². The zero-order valence-corrected chi connectivity index (χ0v) is 23.5. The average Bonchev–Trinajstić information content (AvgIpc) is 2.87. The van der Waals surface area contributed by atoms with E-state index < -0.39 is 11.5 Å². The van der Waals surface area contributed by atoms with Crippen molar-refractivity contribution in [2.75, 3.05) is 6.61 Å². The van der Waals surface area contributed by atoms with Gasteiger partial charge in [0, 0.05) is 37.5 Å². The van der Waals surface area contributed by atoms with E-state index in [1.807, 2.05) is 31.2 Å². The summed E-state index contributed by atoms with van der Waals surface area (Å²) in [4.78, 5) is 36.2. The van der Waals surface area contributed by atoms with Gasteiger partial charge in [-0.05, 0) is 47.6 Å². The fraction of sp³-hybridized carbons (Fsp3) is 0.500. The van der Waals surface area contributed by atoms with Gasteiger partial charge >= 0.3 is 11.9 Å². The van der Waals surface area contributed by atoms with Crippen molar-refractivity contribution in [1.82, 2.24) is 5.32 Å². The maximum Gasteiger partial charge on any atom is 0.303 e. The molecule has 38 heavy (non-hydrogen) atoms. The van der Waals surface area contributed by atoms with Crippen molar-refractivity contribution in [3.63, 3.8) is 0 Å². The number of carbonyl (C=O) groups is 3. The summed E-state index contributed by atoms with van der Waals surface area (Å²) in [6, 6.07) is 16.8. The van der Waals surface area contributed by atoms with Crippen LogP contribution in [0.5, 0.6) is 0 Å². The Balaban J connectivity index is 1.58. The minimum absolute atomic E-state index is 0.0184. The topological polar surface area (TPSA) is 90.9 Å². The summed E-state index contributed by atoms with van der Waals surface area (Å²) < 4.78 is 17.4. The molecule has 1 aliphatic carbocycles. The molecule has 4 rings (SSSR count). The average molecular weight is 540 g/mol. The molecule has 0 aromatic heterocycles. The van der Waals surface area contributed by atoms with Crippen LogP contribution in [0.25, 0.3) is 0 Å². The second kappa shape index (κ2) is 12.3. The molecule has 7 nitrogen and oxygen atoms in total. The number of fused-ring (bicyclic) bond motifs is 1. The Hall–Kier alpha value is -2.84. The molecule has 1 aliphatic heterocycles. The van der Waals surface area contributed by atoms with Crippen LogP contribution in [-0.2, 0) is 28.6 Å². The summed E-state index contributed by atoms with van der Waals surface area (Å²) >= 11 is 1.53. The fourth-order valence-electron chi connectivity index (χ4n) is 5.57. The Labute approximate surface area is 229 Å². The highest BCUT2D eigenvalue weighted by Crippen LogP contribution is 2.44. The largest absolute Gasteiger partial charge is 0.463 e. The fourth-order valence-corrected chi connectivity index (χ4v) is 6.83. The molecule has 1 N–H and O–H groups in total. The van der Waals surface area contributed by atoms with Crippen LogP contribution in [0.4, 0.5) is 0 Å². The third kappa shape index (κ3) is 6.59. The van der Waals surface area contributed by atoms with Gasteiger partial charge in [0.15, 0.2) is 0 Å². The third-order valence-corrected chi connectivity index (χ3v) is 8.78. The predicted octanol–water partition coefficient (Wildman–Crippen LogP) is 5.37. The second-order valence-electron chi connectivity index (χ2n) is 10.3. The van der Waals surface area contributed by atoms with Gasteiger partial charge in [0.1, 0.15) is 18.1 Å². The molecule has 8 heteroatoms. The minimum Gasteiger partial charge on any atom is -0.463 e. The molecule has 1 amide bonds. The molecule has 1 heterocycles. The Kier molecular flexibility index (Phi) is 9.15. The lowest BCUT2D eigenvalue weighted by Gasteiger charge is -2.43. The van der Waals surface area contributed by atoms with Gasteiger partial charge in [-0.25, -0.2) is 0 Å². The smallest absolute Gasteiger partial charge is 0.303 e. The van der Waals surface area contributed by atoms with Crippen LogP contribution in [0.3, 0.4) is 0 Å². The van der Waals surface area contributed by atoms with E-state index in [0.29, 0.717) is 0 Å². The van der Waals surface area contributed by atoms with Crippen LogP contribution in [0.15, 0.2) is 53.4 Å². The number of amides is 1. The van der Waals surface area contributed by atoms with Gasteiger partial charge in [-0.3, -0.25) is 14.4 Å². The molecule has 0 saturated carbocycles. The van der Waals surface area contributed by atoms with E-state index in [-0.39, 0.29) is 54.4 Å². The first-order valence-corrected chi connectivity index (χ1v) is 14.1. The summed E-state index contributed by atoms with van der Waals surface area (Å²) in [5.41, 5.74) is 3.15. The number of ether oxygens (including phenoxy) is 3. The summed E-state index contributed by atoms with van der Waals surface area (Å²) in [7, 11) is 0. The van der Waals surface area contributed by atoms with Crippen molar-refractivity contribution < 1.29 is 28.6 Å². The summed E-state index contributed by atoms with van der Waals surface area (Å²) in [6.45, 7) is 8.61. The lowest BCUT2D eigenvalue weighted by Crippen LogP contribution is -2.51. The Bertz CT molecular complexity index is 1170. The van der Waals surface area contributed by atoms with E-state index in [9.17, 15) is 14.4 Å². The number of esters is 2. The minimum atomic E-state index is -0.441. The van der Waals surface area contributed by atoms with E-state index in [0.717, 1.165) is 17.7 Å². The van der Waals surface area contributed by atoms with Crippen molar-refractivity contribution in [3.8, 4) is 0 Å². The van der Waals surface area contributed by atoms with E-state index in [2.05, 4.69) is 36.5 Å². The van der Waals surface area contributed by atoms with Gasteiger partial charge in [0.2, 0.25) is 5.91 Å². The summed E-state index contributed by atoms with van der Waals surface area (Å²) in [6.07, 6.45) is 1.06. The van der Waals surface area contributed by atoms with Crippen molar-refractivity contribution in [2.24, 2.45) is 11.8 Å². The molecule has 0 radical (unpaired) electrons. The van der Waals surface area contributed by atoms with Crippen molar-refractivity contribution in [3.05, 3.63) is 65.2 Å². The van der Waals surface area contributed by atoms with Crippen LogP contribution in [0.1, 0.15) is 76.1 Å². The molecular weight excluding hydrogens is 502 g/mol. The van der Waals surface area contributed by atoms with Gasteiger partial charge in [-0.2, -0.15) is 0 Å². The molecule has 2 aromatic carbocycles. The Morgan fingerprint density at radius 1 is 0.947 bits per heavy atom. The molecule has 2 unspecified atom stereocenters. The highest BCUT2D eigenvalue weighted by atomic mass is 32.2. The normalized spacial score (nSPS) is 28.6. The number of nitrogens with one attached hydrogen (secondary N) is 1. The molecule has 0 spiro atoms. The van der Waals surface area contributed by atoms with Gasteiger partial charge < -0.3 is 19.5 Å². The highest BCUT2D eigenvalue weighted by molar-refractivity contribution is 7.99. The maximum atomic E-state index is 11.9. The first kappa shape index (κ1) is 28.2. The van der Waals surface area contributed by atoms with E-state index in [1.165, 1.54) is 42.3 Å². The Morgan fingerprint density at radius 2 is 1.68 bits per heavy atom. The molecular formula is C30H37NO6S. The molecule has 1 saturated heterocycles. The standard InChI is InChI=1S/C30H37NO6S/c1-17-18(2)29(36-21(5)34)30(37-28(17)16-35-20(4)33)38-23-10-8-9-22(15-23)24-13-14-27(31-19(3)32)26-12-7-6-11-25(24)26/h6-12,15,17-18,24,27-30H,13-14,16H2,1-5H3,(H,31,32)/t17-,18-,24+,27+,28?,29?,30-/m0/s1. The maximum absolute atomic E-state index is 11.9. The second-order valence-corrected chi connectivity index (χ2v) is 11.5. The molecule has 1 fully saturated rings. The van der Waals surface area contributed by atoms with E-state index in [4.69, 9.17) is 14.2 Å². The Morgan fingerprint density at radius 3 is 2.37 bits per heavy atom. The van der Waals surface area contributed by atoms with E-state index >= 15 is 0 Å². The molecule has 2 aromatic rings. The zero-order chi connectivity index (χ0) is 27.4. The van der Waals surface area contributed by atoms with Gasteiger partial charge in [-0.15, -0.1) is 0 Å². The van der Waals surface area contributed by atoms with Crippen LogP contribution in [0.2, 0.25) is 0 Å². The number of hydrogen-bond donors (Lipinski definition) is 1. The lowest BCUT2D eigenvalue weighted by atomic mass is 9.77. The van der Waals surface area contributed by atoms with Gasteiger partial charge in [0.05, 0.1) is 12.1 Å². The summed E-state index contributed by atoms with van der Waals surface area (Å²) in [5.74, 6) is -0.443. The quantitative estimate of drug-likeness (QED) is 0.473. The van der Waals surface area contributed by atoms with Crippen molar-refractivity contribution in [2.45, 2.75) is 82.0 Å². The number of carbonyl (C=O) groups excluding carboxylic acids is 3. The zero-order valence-electron chi connectivity index (χ0n) is 22.6. The highest BCUT2D eigenvalue weighted by Gasteiger charge is 2.44. The van der Waals surface area contributed by atoms with Crippen LogP contribution >= 0.6 is 11.8 Å². The predicted molar refractivity (Wildman–Crippen MR) is 146 cm³/mol. The number of benzene rings is 2. The number of rotatable bonds is 7. The lowest BCUT2D eigenvalue weighted by molar-refractivity contribution is -0.185. The van der Waals surface area contributed by atoms with Gasteiger partial charge in [0.25, 0.3) is 0 Å². The molecule has 7 atom stereocenters. The third-order valence-electron chi connectivity index (χ3n) is 7.65. The van der Waals surface area contributed by atoms with Crippen LogP contribution in [0, 0.1) is 11.8 Å².